The van der Waals surface area contributed by atoms with E-state index in [1.54, 1.807) is 13.0 Å². The molecule has 1 atom stereocenters. The van der Waals surface area contributed by atoms with Crippen LogP contribution in [0, 0.1) is 5.41 Å². The number of β-amino-alcohol motifs (C(OH)–C–C–N with tert-alkyl or cyclic N) is 1. The summed E-state index contributed by atoms with van der Waals surface area (Å²) in [7, 11) is 0. The first-order chi connectivity index (χ1) is 17.8. The molecule has 2 saturated carbocycles. The number of fused-ring (bicyclic) bond motifs is 1. The normalized spacial score (nSPS) is 27.3. The topological polar surface area (TPSA) is 118 Å². The van der Waals surface area contributed by atoms with Gasteiger partial charge in [0.1, 0.15) is 18.2 Å². The molecule has 2 amide bonds. The van der Waals surface area contributed by atoms with E-state index in [0.717, 1.165) is 51.0 Å². The van der Waals surface area contributed by atoms with Gasteiger partial charge in [0, 0.05) is 49.9 Å². The van der Waals surface area contributed by atoms with Crippen molar-refractivity contribution in [1.82, 2.24) is 26.2 Å². The van der Waals surface area contributed by atoms with Crippen molar-refractivity contribution in [3.8, 4) is 0 Å². The molecule has 1 aromatic carbocycles. The van der Waals surface area contributed by atoms with Crippen LogP contribution in [0.15, 0.2) is 53.3 Å². The third kappa shape index (κ3) is 6.05. The van der Waals surface area contributed by atoms with Crippen molar-refractivity contribution < 1.29 is 14.7 Å². The Morgan fingerprint density at radius 3 is 2.70 bits per heavy atom. The smallest absolute Gasteiger partial charge is 0.269 e. The highest BCUT2D eigenvalue weighted by Crippen LogP contribution is 2.56. The van der Waals surface area contributed by atoms with Crippen molar-refractivity contribution in [3.63, 3.8) is 0 Å². The fraction of sp³-hybridized carbons (Fsp3) is 0.536. The third-order valence-corrected chi connectivity index (χ3v) is 8.01. The fourth-order valence-corrected chi connectivity index (χ4v) is 6.08. The van der Waals surface area contributed by atoms with E-state index in [4.69, 9.17) is 0 Å². The Bertz CT molecular complexity index is 1110. The van der Waals surface area contributed by atoms with Crippen LogP contribution in [0.5, 0.6) is 0 Å². The van der Waals surface area contributed by atoms with Crippen LogP contribution < -0.4 is 21.3 Å². The molecule has 0 bridgehead atoms. The van der Waals surface area contributed by atoms with Crippen LogP contribution in [0.25, 0.3) is 0 Å². The summed E-state index contributed by atoms with van der Waals surface area (Å²) >= 11 is 0. The average molecular weight is 507 g/mol. The zero-order valence-electron chi connectivity index (χ0n) is 21.6. The predicted molar refractivity (Wildman–Crippen MR) is 143 cm³/mol. The van der Waals surface area contributed by atoms with Gasteiger partial charge in [0.2, 0.25) is 5.91 Å². The number of aliphatic hydroxyl groups excluding tert-OH is 1. The van der Waals surface area contributed by atoms with Gasteiger partial charge in [-0.2, -0.15) is 0 Å². The summed E-state index contributed by atoms with van der Waals surface area (Å²) in [6.45, 7) is 8.20. The number of benzene rings is 1. The number of carbonyl (C=O) groups is 2. The molecule has 198 valence electrons. The SMILES string of the molecule is C=C(C)C(=O)NC1CC2(C1)CC(NC1=CC(C(=O)NC[C@H](O)CN3CCc4ccccc4C3)=NCN1)C2. The first kappa shape index (κ1) is 25.5. The molecule has 0 saturated heterocycles. The van der Waals surface area contributed by atoms with Crippen molar-refractivity contribution in [2.45, 2.75) is 63.8 Å². The van der Waals surface area contributed by atoms with Crippen LogP contribution >= 0.6 is 0 Å². The van der Waals surface area contributed by atoms with Crippen LogP contribution in [-0.4, -0.2) is 72.0 Å². The number of amides is 2. The van der Waals surface area contributed by atoms with Gasteiger partial charge in [-0.25, -0.2) is 0 Å². The highest BCUT2D eigenvalue weighted by atomic mass is 16.3. The number of rotatable bonds is 9. The standard InChI is InChI=1S/C28H38N6O3/c1-18(2)26(36)33-22-12-28(13-22)10-21(11-28)32-25-9-24(30-17-31-25)27(37)29-14-23(35)16-34-8-7-19-5-3-4-6-20(19)15-34/h3-6,9,21-23,31-32,35H,1,7-8,10-17H2,2H3,(H,29,37)(H,33,36)/t21?,22?,23-,28?/m0/s1. The van der Waals surface area contributed by atoms with Crippen LogP contribution in [0.1, 0.15) is 43.7 Å². The van der Waals surface area contributed by atoms with E-state index >= 15 is 0 Å². The second kappa shape index (κ2) is 10.7. The monoisotopic (exact) mass is 506 g/mol. The lowest BCUT2D eigenvalue weighted by molar-refractivity contribution is -0.121. The van der Waals surface area contributed by atoms with Gasteiger partial charge in [0.25, 0.3) is 5.91 Å². The minimum absolute atomic E-state index is 0.0553. The maximum Gasteiger partial charge on any atom is 0.269 e. The second-order valence-corrected chi connectivity index (χ2v) is 11.2. The molecule has 2 aliphatic carbocycles. The van der Waals surface area contributed by atoms with Gasteiger partial charge in [-0.3, -0.25) is 19.5 Å². The molecular formula is C28H38N6O3. The zero-order chi connectivity index (χ0) is 26.0. The quantitative estimate of drug-likeness (QED) is 0.319. The van der Waals surface area contributed by atoms with Crippen LogP contribution in [0.3, 0.4) is 0 Å². The third-order valence-electron chi connectivity index (χ3n) is 8.01. The summed E-state index contributed by atoms with van der Waals surface area (Å²) in [5.74, 6) is 0.475. The van der Waals surface area contributed by atoms with Gasteiger partial charge in [-0.1, -0.05) is 30.8 Å². The molecule has 5 N–H and O–H groups in total. The molecule has 0 aromatic heterocycles. The Labute approximate surface area is 218 Å². The van der Waals surface area contributed by atoms with E-state index in [2.05, 4.69) is 55.9 Å². The van der Waals surface area contributed by atoms with Crippen molar-refractivity contribution in [1.29, 1.82) is 0 Å². The molecule has 37 heavy (non-hydrogen) atoms. The summed E-state index contributed by atoms with van der Waals surface area (Å²) in [4.78, 5) is 31.0. The number of aliphatic hydroxyl groups is 1. The van der Waals surface area contributed by atoms with E-state index in [0.29, 0.717) is 36.0 Å². The van der Waals surface area contributed by atoms with E-state index in [9.17, 15) is 14.7 Å². The fourth-order valence-electron chi connectivity index (χ4n) is 6.08. The minimum Gasteiger partial charge on any atom is -0.390 e. The lowest BCUT2D eigenvalue weighted by atomic mass is 9.52. The molecule has 0 radical (unpaired) electrons. The minimum atomic E-state index is -0.643. The molecule has 4 aliphatic rings. The maximum absolute atomic E-state index is 12.7. The number of nitrogens with zero attached hydrogens (tertiary/aromatic N) is 2. The zero-order valence-corrected chi connectivity index (χ0v) is 21.6. The molecule has 2 fully saturated rings. The summed E-state index contributed by atoms with van der Waals surface area (Å²) in [5, 5.41) is 23.1. The molecule has 0 unspecified atom stereocenters. The Kier molecular flexibility index (Phi) is 7.35. The lowest BCUT2D eigenvalue weighted by Gasteiger charge is -2.58. The molecular weight excluding hydrogens is 468 g/mol. The summed E-state index contributed by atoms with van der Waals surface area (Å²) in [6, 6.07) is 9.01. The predicted octanol–water partition coefficient (Wildman–Crippen LogP) is 0.958. The number of nitrogens with one attached hydrogen (secondary N) is 4. The number of carbonyl (C=O) groups excluding carboxylic acids is 2. The highest BCUT2D eigenvalue weighted by Gasteiger charge is 2.53. The van der Waals surface area contributed by atoms with Gasteiger partial charge in [-0.15, -0.1) is 0 Å². The molecule has 1 spiro atoms. The molecule has 2 heterocycles. The van der Waals surface area contributed by atoms with E-state index in [-0.39, 0.29) is 24.4 Å². The Balaban J connectivity index is 1.02. The van der Waals surface area contributed by atoms with Crippen molar-refractivity contribution >= 4 is 17.5 Å². The van der Waals surface area contributed by atoms with Gasteiger partial charge in [0.05, 0.1) is 6.10 Å². The largest absolute Gasteiger partial charge is 0.390 e. The van der Waals surface area contributed by atoms with Crippen LogP contribution in [0.2, 0.25) is 0 Å². The van der Waals surface area contributed by atoms with Crippen molar-refractivity contribution in [2.75, 3.05) is 26.3 Å². The van der Waals surface area contributed by atoms with Gasteiger partial charge >= 0.3 is 0 Å². The molecule has 1 aromatic rings. The lowest BCUT2D eigenvalue weighted by Crippen LogP contribution is -2.61. The maximum atomic E-state index is 12.7. The first-order valence-electron chi connectivity index (χ1n) is 13.3. The van der Waals surface area contributed by atoms with E-state index in [1.165, 1.54) is 11.1 Å². The molecule has 9 heteroatoms. The van der Waals surface area contributed by atoms with Gasteiger partial charge < -0.3 is 26.4 Å². The Morgan fingerprint density at radius 2 is 1.95 bits per heavy atom. The Hall–Kier alpha value is -3.17. The first-order valence-corrected chi connectivity index (χ1v) is 13.3. The summed E-state index contributed by atoms with van der Waals surface area (Å²) in [5.41, 5.74) is 3.92. The van der Waals surface area contributed by atoms with Crippen molar-refractivity contribution in [2.24, 2.45) is 10.4 Å². The van der Waals surface area contributed by atoms with Crippen LogP contribution in [0.4, 0.5) is 0 Å². The molecule has 9 nitrogen and oxygen atoms in total. The number of hydrogen-bond donors (Lipinski definition) is 5. The van der Waals surface area contributed by atoms with Gasteiger partial charge in [0.15, 0.2) is 0 Å². The number of aliphatic imine (C=N–C) groups is 1. The van der Waals surface area contributed by atoms with Crippen LogP contribution in [-0.2, 0) is 22.6 Å². The molecule has 2 aliphatic heterocycles. The Morgan fingerprint density at radius 1 is 1.22 bits per heavy atom. The van der Waals surface area contributed by atoms with E-state index < -0.39 is 6.10 Å². The van der Waals surface area contributed by atoms with E-state index in [1.807, 2.05) is 6.07 Å². The van der Waals surface area contributed by atoms with Gasteiger partial charge in [-0.05, 0) is 55.6 Å². The summed E-state index contributed by atoms with van der Waals surface area (Å²) in [6.07, 6.45) is 6.21. The highest BCUT2D eigenvalue weighted by molar-refractivity contribution is 6.43. The average Bonchev–Trinajstić information content (AvgIpc) is 2.84. The summed E-state index contributed by atoms with van der Waals surface area (Å²) < 4.78 is 0. The second-order valence-electron chi connectivity index (χ2n) is 11.2. The van der Waals surface area contributed by atoms with Crippen molar-refractivity contribution in [3.05, 3.63) is 59.4 Å². The number of hydrogen-bond acceptors (Lipinski definition) is 7. The molecule has 5 rings (SSSR count).